The number of rotatable bonds is 4. The van der Waals surface area contributed by atoms with E-state index in [1.165, 1.54) is 11.1 Å². The van der Waals surface area contributed by atoms with Crippen molar-refractivity contribution >= 4 is 0 Å². The molecule has 3 heteroatoms. The minimum atomic E-state index is 0.249. The summed E-state index contributed by atoms with van der Waals surface area (Å²) in [5.74, 6) is 0.974. The van der Waals surface area contributed by atoms with Gasteiger partial charge in [0.15, 0.2) is 0 Å². The average molecular weight is 229 g/mol. The van der Waals surface area contributed by atoms with Crippen molar-refractivity contribution in [2.75, 3.05) is 7.05 Å². The van der Waals surface area contributed by atoms with E-state index < -0.39 is 0 Å². The largest absolute Gasteiger partial charge is 0.341 e. The molecule has 2 N–H and O–H groups in total. The fourth-order valence-corrected chi connectivity index (χ4v) is 1.76. The molecule has 0 aliphatic rings. The summed E-state index contributed by atoms with van der Waals surface area (Å²) in [5, 5.41) is 3.17. The molecule has 0 bridgehead atoms. The molecule has 0 radical (unpaired) electrons. The van der Waals surface area contributed by atoms with Crippen LogP contribution in [0.15, 0.2) is 30.5 Å². The van der Waals surface area contributed by atoms with E-state index in [2.05, 4.69) is 53.4 Å². The molecule has 1 aromatic heterocycles. The topological polar surface area (TPSA) is 40.7 Å². The number of aryl methyl sites for hydroxylation is 1. The van der Waals surface area contributed by atoms with Crippen molar-refractivity contribution in [2.45, 2.75) is 26.3 Å². The number of hydrogen-bond acceptors (Lipinski definition) is 2. The Kier molecular flexibility index (Phi) is 3.59. The minimum Gasteiger partial charge on any atom is -0.341 e. The molecule has 3 nitrogen and oxygen atoms in total. The van der Waals surface area contributed by atoms with Crippen LogP contribution in [-0.4, -0.2) is 17.0 Å². The third-order valence-electron chi connectivity index (χ3n) is 3.11. The van der Waals surface area contributed by atoms with E-state index in [1.807, 2.05) is 13.2 Å². The third-order valence-corrected chi connectivity index (χ3v) is 3.11. The predicted molar refractivity (Wildman–Crippen MR) is 70.9 cm³/mol. The van der Waals surface area contributed by atoms with Gasteiger partial charge in [-0.1, -0.05) is 31.2 Å². The summed E-state index contributed by atoms with van der Waals surface area (Å²) in [6, 6.07) is 8.85. The van der Waals surface area contributed by atoms with E-state index in [1.54, 1.807) is 0 Å². The number of H-pyrrole nitrogens is 1. The van der Waals surface area contributed by atoms with Gasteiger partial charge in [0.1, 0.15) is 5.82 Å². The van der Waals surface area contributed by atoms with Crippen LogP contribution in [0.3, 0.4) is 0 Å². The van der Waals surface area contributed by atoms with E-state index in [0.29, 0.717) is 0 Å². The molecular weight excluding hydrogens is 210 g/mol. The van der Waals surface area contributed by atoms with Crippen molar-refractivity contribution in [1.82, 2.24) is 15.3 Å². The van der Waals surface area contributed by atoms with Crippen molar-refractivity contribution in [3.8, 4) is 11.3 Å². The Morgan fingerprint density at radius 2 is 2.00 bits per heavy atom. The van der Waals surface area contributed by atoms with Crippen LogP contribution in [0.4, 0.5) is 0 Å². The highest BCUT2D eigenvalue weighted by Gasteiger charge is 2.08. The third kappa shape index (κ3) is 2.56. The fraction of sp³-hybridized carbons (Fsp3) is 0.357. The van der Waals surface area contributed by atoms with Gasteiger partial charge >= 0.3 is 0 Å². The molecule has 0 aliphatic carbocycles. The summed E-state index contributed by atoms with van der Waals surface area (Å²) >= 11 is 0. The molecule has 0 aliphatic heterocycles. The minimum absolute atomic E-state index is 0.249. The molecule has 1 aromatic carbocycles. The summed E-state index contributed by atoms with van der Waals surface area (Å²) in [5.41, 5.74) is 3.62. The maximum Gasteiger partial charge on any atom is 0.123 e. The Morgan fingerprint density at radius 1 is 1.29 bits per heavy atom. The number of nitrogens with one attached hydrogen (secondary N) is 2. The highest BCUT2D eigenvalue weighted by Crippen LogP contribution is 2.19. The van der Waals surface area contributed by atoms with E-state index >= 15 is 0 Å². The van der Waals surface area contributed by atoms with E-state index in [4.69, 9.17) is 0 Å². The van der Waals surface area contributed by atoms with Gasteiger partial charge in [-0.2, -0.15) is 0 Å². The second kappa shape index (κ2) is 5.15. The Bertz CT molecular complexity index is 470. The zero-order chi connectivity index (χ0) is 12.3. The van der Waals surface area contributed by atoms with Gasteiger partial charge in [0.2, 0.25) is 0 Å². The molecule has 0 saturated heterocycles. The maximum atomic E-state index is 4.39. The van der Waals surface area contributed by atoms with Gasteiger partial charge < -0.3 is 10.3 Å². The number of aromatic nitrogens is 2. The lowest BCUT2D eigenvalue weighted by Crippen LogP contribution is -2.13. The van der Waals surface area contributed by atoms with Crippen LogP contribution in [0, 0.1) is 0 Å². The standard InChI is InChI=1S/C14H19N3/c1-4-11-5-7-12(8-6-11)13-9-16-14(17-13)10(2)15-3/h5-10,15H,4H2,1-3H3,(H,16,17). The average Bonchev–Trinajstić information content (AvgIpc) is 2.87. The lowest BCUT2D eigenvalue weighted by atomic mass is 10.1. The molecule has 2 rings (SSSR count). The molecular formula is C14H19N3. The summed E-state index contributed by atoms with van der Waals surface area (Å²) in [7, 11) is 1.93. The number of hydrogen-bond donors (Lipinski definition) is 2. The van der Waals surface area contributed by atoms with Crippen molar-refractivity contribution in [1.29, 1.82) is 0 Å². The van der Waals surface area contributed by atoms with Crippen LogP contribution < -0.4 is 5.32 Å². The van der Waals surface area contributed by atoms with Gasteiger partial charge in [-0.25, -0.2) is 4.98 Å². The van der Waals surface area contributed by atoms with Gasteiger partial charge in [0.25, 0.3) is 0 Å². The molecule has 1 atom stereocenters. The zero-order valence-electron chi connectivity index (χ0n) is 10.6. The van der Waals surface area contributed by atoms with Crippen LogP contribution in [0.2, 0.25) is 0 Å². The first-order valence-electron chi connectivity index (χ1n) is 6.06. The van der Waals surface area contributed by atoms with E-state index in [0.717, 1.165) is 17.9 Å². The quantitative estimate of drug-likeness (QED) is 0.846. The van der Waals surface area contributed by atoms with Crippen LogP contribution in [0.5, 0.6) is 0 Å². The second-order valence-corrected chi connectivity index (χ2v) is 4.24. The summed E-state index contributed by atoms with van der Waals surface area (Å²) in [6.45, 7) is 4.25. The Hall–Kier alpha value is -1.61. The Labute approximate surface area is 102 Å². The highest BCUT2D eigenvalue weighted by atomic mass is 15.0. The SMILES string of the molecule is CCc1ccc(-c2cnc(C(C)NC)[nH]2)cc1. The molecule has 0 amide bonds. The van der Waals surface area contributed by atoms with Crippen molar-refractivity contribution in [2.24, 2.45) is 0 Å². The summed E-state index contributed by atoms with van der Waals surface area (Å²) in [4.78, 5) is 7.73. The highest BCUT2D eigenvalue weighted by molar-refractivity contribution is 5.58. The molecule has 1 heterocycles. The normalized spacial score (nSPS) is 12.6. The van der Waals surface area contributed by atoms with Crippen LogP contribution in [0.1, 0.15) is 31.3 Å². The first kappa shape index (κ1) is 11.9. The van der Waals surface area contributed by atoms with Crippen molar-refractivity contribution in [3.05, 3.63) is 41.9 Å². The number of imidazole rings is 1. The van der Waals surface area contributed by atoms with E-state index in [9.17, 15) is 0 Å². The predicted octanol–water partition coefficient (Wildman–Crippen LogP) is 2.92. The molecule has 0 spiro atoms. The van der Waals surface area contributed by atoms with E-state index in [-0.39, 0.29) is 6.04 Å². The summed E-state index contributed by atoms with van der Waals surface area (Å²) < 4.78 is 0. The van der Waals surface area contributed by atoms with Gasteiger partial charge in [0, 0.05) is 0 Å². The second-order valence-electron chi connectivity index (χ2n) is 4.24. The number of nitrogens with zero attached hydrogens (tertiary/aromatic N) is 1. The molecule has 0 saturated carbocycles. The summed E-state index contributed by atoms with van der Waals surface area (Å²) in [6.07, 6.45) is 2.97. The zero-order valence-corrected chi connectivity index (χ0v) is 10.6. The Balaban J connectivity index is 2.24. The van der Waals surface area contributed by atoms with Crippen LogP contribution in [-0.2, 0) is 6.42 Å². The van der Waals surface area contributed by atoms with Gasteiger partial charge in [-0.3, -0.25) is 0 Å². The van der Waals surface area contributed by atoms with Gasteiger partial charge in [0.05, 0.1) is 17.9 Å². The molecule has 0 fully saturated rings. The lowest BCUT2D eigenvalue weighted by molar-refractivity contribution is 0.618. The van der Waals surface area contributed by atoms with Crippen molar-refractivity contribution in [3.63, 3.8) is 0 Å². The molecule has 17 heavy (non-hydrogen) atoms. The smallest absolute Gasteiger partial charge is 0.123 e. The van der Waals surface area contributed by atoms with Crippen LogP contribution >= 0.6 is 0 Å². The van der Waals surface area contributed by atoms with Crippen molar-refractivity contribution < 1.29 is 0 Å². The molecule has 90 valence electrons. The number of aromatic amines is 1. The Morgan fingerprint density at radius 3 is 2.59 bits per heavy atom. The fourth-order valence-electron chi connectivity index (χ4n) is 1.76. The lowest BCUT2D eigenvalue weighted by Gasteiger charge is -2.05. The number of benzene rings is 1. The maximum absolute atomic E-state index is 4.39. The monoisotopic (exact) mass is 229 g/mol. The molecule has 1 unspecified atom stereocenters. The van der Waals surface area contributed by atoms with Gasteiger partial charge in [-0.05, 0) is 31.5 Å². The van der Waals surface area contributed by atoms with Crippen LogP contribution in [0.25, 0.3) is 11.3 Å². The first-order chi connectivity index (χ1) is 8.24. The first-order valence-corrected chi connectivity index (χ1v) is 6.06. The molecule has 2 aromatic rings. The van der Waals surface area contributed by atoms with Gasteiger partial charge in [-0.15, -0.1) is 0 Å².